The molecule has 2 aromatic rings. The van der Waals surface area contributed by atoms with Crippen molar-refractivity contribution in [1.29, 1.82) is 0 Å². The van der Waals surface area contributed by atoms with E-state index in [1.807, 2.05) is 6.92 Å². The molecule has 0 saturated carbocycles. The van der Waals surface area contributed by atoms with Gasteiger partial charge in [-0.2, -0.15) is 0 Å². The number of carbonyl (C=O) groups excluding carboxylic acids is 1. The van der Waals surface area contributed by atoms with Crippen molar-refractivity contribution in [1.82, 2.24) is 15.2 Å². The van der Waals surface area contributed by atoms with Gasteiger partial charge >= 0.3 is 0 Å². The first-order valence-corrected chi connectivity index (χ1v) is 10.6. The molecule has 0 bridgehead atoms. The standard InChI is InChI=1S/C23H33N3O2/c1-5-16(3)24-22(27)19-11-13-26(14-12-19)15-21-17(4)28-23(25-21)20-9-7-18(6-2)8-10-20/h7-10,16,19H,5-6,11-15H2,1-4H3,(H,24,27)/t16-/m1/s1. The molecule has 152 valence electrons. The largest absolute Gasteiger partial charge is 0.441 e. The van der Waals surface area contributed by atoms with Gasteiger partial charge in [-0.05, 0) is 70.3 Å². The second-order valence-electron chi connectivity index (χ2n) is 7.94. The van der Waals surface area contributed by atoms with Crippen LogP contribution in [0.5, 0.6) is 0 Å². The second kappa shape index (κ2) is 9.37. The first-order valence-electron chi connectivity index (χ1n) is 10.6. The van der Waals surface area contributed by atoms with Crippen LogP contribution in [0.15, 0.2) is 28.7 Å². The van der Waals surface area contributed by atoms with Gasteiger partial charge in [0.05, 0.1) is 5.69 Å². The molecule has 3 rings (SSSR count). The van der Waals surface area contributed by atoms with Crippen molar-refractivity contribution in [3.8, 4) is 11.5 Å². The Labute approximate surface area is 168 Å². The van der Waals surface area contributed by atoms with Crippen LogP contribution >= 0.6 is 0 Å². The molecular weight excluding hydrogens is 350 g/mol. The highest BCUT2D eigenvalue weighted by Gasteiger charge is 2.26. The zero-order valence-electron chi connectivity index (χ0n) is 17.6. The third kappa shape index (κ3) is 5.02. The van der Waals surface area contributed by atoms with E-state index in [0.29, 0.717) is 5.89 Å². The van der Waals surface area contributed by atoms with E-state index < -0.39 is 0 Å². The van der Waals surface area contributed by atoms with Gasteiger partial charge in [-0.15, -0.1) is 0 Å². The van der Waals surface area contributed by atoms with Crippen LogP contribution in [0.25, 0.3) is 11.5 Å². The SMILES string of the molecule is CCc1ccc(-c2nc(CN3CCC(C(=O)N[C@H](C)CC)CC3)c(C)o2)cc1. The first-order chi connectivity index (χ1) is 13.5. The van der Waals surface area contributed by atoms with E-state index in [4.69, 9.17) is 9.40 Å². The summed E-state index contributed by atoms with van der Waals surface area (Å²) in [5.74, 6) is 1.92. The molecule has 1 fully saturated rings. The van der Waals surface area contributed by atoms with E-state index in [9.17, 15) is 4.79 Å². The Morgan fingerprint density at radius 2 is 1.93 bits per heavy atom. The highest BCUT2D eigenvalue weighted by molar-refractivity contribution is 5.79. The van der Waals surface area contributed by atoms with Crippen LogP contribution in [-0.4, -0.2) is 34.9 Å². The topological polar surface area (TPSA) is 58.4 Å². The van der Waals surface area contributed by atoms with Crippen LogP contribution in [0.2, 0.25) is 0 Å². The maximum Gasteiger partial charge on any atom is 0.226 e. The molecule has 0 radical (unpaired) electrons. The maximum absolute atomic E-state index is 12.3. The quantitative estimate of drug-likeness (QED) is 0.773. The van der Waals surface area contributed by atoms with Crippen molar-refractivity contribution < 1.29 is 9.21 Å². The number of hydrogen-bond donors (Lipinski definition) is 1. The minimum absolute atomic E-state index is 0.135. The number of rotatable bonds is 7. The van der Waals surface area contributed by atoms with Crippen molar-refractivity contribution in [2.24, 2.45) is 5.92 Å². The number of aromatic nitrogens is 1. The van der Waals surface area contributed by atoms with Crippen molar-refractivity contribution in [2.75, 3.05) is 13.1 Å². The fourth-order valence-electron chi connectivity index (χ4n) is 3.61. The Morgan fingerprint density at radius 3 is 2.54 bits per heavy atom. The molecule has 1 amide bonds. The number of nitrogens with zero attached hydrogens (tertiary/aromatic N) is 2. The van der Waals surface area contributed by atoms with Crippen molar-refractivity contribution in [3.63, 3.8) is 0 Å². The number of likely N-dealkylation sites (tertiary alicyclic amines) is 1. The molecule has 5 heteroatoms. The molecule has 28 heavy (non-hydrogen) atoms. The van der Waals surface area contributed by atoms with E-state index in [0.717, 1.165) is 62.3 Å². The molecule has 0 spiro atoms. The van der Waals surface area contributed by atoms with Gasteiger partial charge in [0.15, 0.2) is 0 Å². The minimum Gasteiger partial charge on any atom is -0.441 e. The molecule has 1 aliphatic heterocycles. The first kappa shape index (κ1) is 20.6. The monoisotopic (exact) mass is 383 g/mol. The van der Waals surface area contributed by atoms with Gasteiger partial charge in [-0.3, -0.25) is 9.69 Å². The summed E-state index contributed by atoms with van der Waals surface area (Å²) in [6.07, 6.45) is 3.82. The molecule has 1 saturated heterocycles. The van der Waals surface area contributed by atoms with Crippen molar-refractivity contribution in [2.45, 2.75) is 66.0 Å². The number of nitrogens with one attached hydrogen (secondary N) is 1. The number of piperidine rings is 1. The van der Waals surface area contributed by atoms with Gasteiger partial charge in [0.2, 0.25) is 11.8 Å². The lowest BCUT2D eigenvalue weighted by atomic mass is 9.95. The normalized spacial score (nSPS) is 16.9. The molecule has 1 N–H and O–H groups in total. The van der Waals surface area contributed by atoms with Gasteiger partial charge in [0.25, 0.3) is 0 Å². The summed E-state index contributed by atoms with van der Waals surface area (Å²) in [5.41, 5.74) is 3.33. The third-order valence-electron chi connectivity index (χ3n) is 5.83. The number of aryl methyl sites for hydroxylation is 2. The third-order valence-corrected chi connectivity index (χ3v) is 5.83. The Morgan fingerprint density at radius 1 is 1.25 bits per heavy atom. The van der Waals surface area contributed by atoms with Crippen LogP contribution in [0, 0.1) is 12.8 Å². The fraction of sp³-hybridized carbons (Fsp3) is 0.565. The number of carbonyl (C=O) groups is 1. The summed E-state index contributed by atoms with van der Waals surface area (Å²) in [7, 11) is 0. The van der Waals surface area contributed by atoms with Crippen LogP contribution < -0.4 is 5.32 Å². The van der Waals surface area contributed by atoms with Gasteiger partial charge in [0, 0.05) is 24.1 Å². The Bertz CT molecular complexity index is 774. The molecule has 1 aromatic carbocycles. The molecule has 1 atom stereocenters. The highest BCUT2D eigenvalue weighted by atomic mass is 16.4. The van der Waals surface area contributed by atoms with Gasteiger partial charge in [-0.25, -0.2) is 4.98 Å². The number of hydrogen-bond acceptors (Lipinski definition) is 4. The van der Waals surface area contributed by atoms with E-state index in [-0.39, 0.29) is 17.9 Å². The van der Waals surface area contributed by atoms with Crippen LogP contribution in [0.1, 0.15) is 57.1 Å². The molecule has 2 heterocycles. The molecule has 5 nitrogen and oxygen atoms in total. The van der Waals surface area contributed by atoms with E-state index >= 15 is 0 Å². The maximum atomic E-state index is 12.3. The smallest absolute Gasteiger partial charge is 0.226 e. The van der Waals surface area contributed by atoms with Crippen molar-refractivity contribution in [3.05, 3.63) is 41.3 Å². The predicted molar refractivity (Wildman–Crippen MR) is 112 cm³/mol. The van der Waals surface area contributed by atoms with Crippen LogP contribution in [-0.2, 0) is 17.8 Å². The summed E-state index contributed by atoms with van der Waals surface area (Å²) in [5, 5.41) is 3.12. The molecule has 1 aromatic heterocycles. The number of oxazole rings is 1. The Kier molecular flexibility index (Phi) is 6.89. The van der Waals surface area contributed by atoms with E-state index in [1.165, 1.54) is 5.56 Å². The fourth-order valence-corrected chi connectivity index (χ4v) is 3.61. The van der Waals surface area contributed by atoms with E-state index in [2.05, 4.69) is 55.3 Å². The Hall–Kier alpha value is -2.14. The summed E-state index contributed by atoms with van der Waals surface area (Å²) in [6, 6.07) is 8.67. The zero-order valence-corrected chi connectivity index (χ0v) is 17.6. The molecular formula is C23H33N3O2. The lowest BCUT2D eigenvalue weighted by Gasteiger charge is -2.31. The zero-order chi connectivity index (χ0) is 20.1. The second-order valence-corrected chi connectivity index (χ2v) is 7.94. The summed E-state index contributed by atoms with van der Waals surface area (Å²) >= 11 is 0. The van der Waals surface area contributed by atoms with Gasteiger partial charge < -0.3 is 9.73 Å². The van der Waals surface area contributed by atoms with Crippen LogP contribution in [0.3, 0.4) is 0 Å². The van der Waals surface area contributed by atoms with Gasteiger partial charge in [0.1, 0.15) is 5.76 Å². The summed E-state index contributed by atoms with van der Waals surface area (Å²) < 4.78 is 5.93. The van der Waals surface area contributed by atoms with Gasteiger partial charge in [-0.1, -0.05) is 26.0 Å². The minimum atomic E-state index is 0.135. The summed E-state index contributed by atoms with van der Waals surface area (Å²) in [6.45, 7) is 10.9. The average molecular weight is 384 g/mol. The Balaban J connectivity index is 1.56. The molecule has 0 unspecified atom stereocenters. The lowest BCUT2D eigenvalue weighted by Crippen LogP contribution is -2.42. The predicted octanol–water partition coefficient (Wildman–Crippen LogP) is 4.34. The average Bonchev–Trinajstić information content (AvgIpc) is 3.08. The van der Waals surface area contributed by atoms with E-state index in [1.54, 1.807) is 0 Å². The van der Waals surface area contributed by atoms with Crippen molar-refractivity contribution >= 4 is 5.91 Å². The summed E-state index contributed by atoms with van der Waals surface area (Å²) in [4.78, 5) is 19.5. The highest BCUT2D eigenvalue weighted by Crippen LogP contribution is 2.25. The lowest BCUT2D eigenvalue weighted by molar-refractivity contribution is -0.127. The van der Waals surface area contributed by atoms with Crippen LogP contribution in [0.4, 0.5) is 0 Å². The number of amides is 1. The molecule has 0 aliphatic carbocycles. The molecule has 1 aliphatic rings. The number of benzene rings is 1.